The lowest BCUT2D eigenvalue weighted by Gasteiger charge is -2.15. The van der Waals surface area contributed by atoms with E-state index in [1.807, 2.05) is 11.9 Å². The summed E-state index contributed by atoms with van der Waals surface area (Å²) in [4.78, 5) is 22.2. The third kappa shape index (κ3) is 5.82. The fourth-order valence-electron chi connectivity index (χ4n) is 1.38. The predicted molar refractivity (Wildman–Crippen MR) is 68.3 cm³/mol. The first-order chi connectivity index (χ1) is 8.99. The molecule has 7 nitrogen and oxygen atoms in total. The van der Waals surface area contributed by atoms with Gasteiger partial charge in [0.25, 0.3) is 5.69 Å². The number of carbonyl (C=O) groups is 1. The van der Waals surface area contributed by atoms with E-state index in [4.69, 9.17) is 9.84 Å². The number of nitro benzene ring substituents is 1. The molecule has 1 rings (SSSR count). The molecule has 7 heteroatoms. The number of hydrogen-bond acceptors (Lipinski definition) is 5. The smallest absolute Gasteiger partial charge is 0.304 e. The van der Waals surface area contributed by atoms with Gasteiger partial charge < -0.3 is 14.7 Å². The second-order valence-corrected chi connectivity index (χ2v) is 4.05. The summed E-state index contributed by atoms with van der Waals surface area (Å²) in [7, 11) is 1.81. The summed E-state index contributed by atoms with van der Waals surface area (Å²) in [5.41, 5.74) is 0.0194. The number of nitro groups is 1. The van der Waals surface area contributed by atoms with Gasteiger partial charge in [0, 0.05) is 25.2 Å². The number of carboxylic acid groups (broad SMARTS) is 1. The Bertz CT molecular complexity index is 432. The largest absolute Gasteiger partial charge is 0.492 e. The molecule has 0 saturated carbocycles. The molecule has 0 amide bonds. The van der Waals surface area contributed by atoms with Gasteiger partial charge in [-0.05, 0) is 19.2 Å². The SMILES string of the molecule is CN(CCOc1ccc([N+](=O)[O-])cc1)CCC(=O)O. The number of benzene rings is 1. The minimum atomic E-state index is -0.830. The molecule has 1 aromatic carbocycles. The van der Waals surface area contributed by atoms with Gasteiger partial charge in [0.1, 0.15) is 12.4 Å². The Morgan fingerprint density at radius 3 is 2.53 bits per heavy atom. The molecule has 1 N–H and O–H groups in total. The third-order valence-electron chi connectivity index (χ3n) is 2.50. The Kier molecular flexibility index (Phi) is 5.74. The van der Waals surface area contributed by atoms with Crippen molar-refractivity contribution in [3.63, 3.8) is 0 Å². The maximum atomic E-state index is 10.5. The van der Waals surface area contributed by atoms with E-state index in [-0.39, 0.29) is 12.1 Å². The highest BCUT2D eigenvalue weighted by molar-refractivity contribution is 5.66. The Morgan fingerprint density at radius 1 is 1.37 bits per heavy atom. The van der Waals surface area contributed by atoms with Crippen molar-refractivity contribution in [2.75, 3.05) is 26.7 Å². The van der Waals surface area contributed by atoms with Crippen LogP contribution in [0.15, 0.2) is 24.3 Å². The molecule has 0 aromatic heterocycles. The van der Waals surface area contributed by atoms with Crippen molar-refractivity contribution < 1.29 is 19.6 Å². The predicted octanol–water partition coefficient (Wildman–Crippen LogP) is 1.38. The van der Waals surface area contributed by atoms with Gasteiger partial charge in [-0.1, -0.05) is 0 Å². The van der Waals surface area contributed by atoms with Crippen molar-refractivity contribution in [1.82, 2.24) is 4.90 Å². The van der Waals surface area contributed by atoms with Gasteiger partial charge in [-0.3, -0.25) is 14.9 Å². The van der Waals surface area contributed by atoms with Gasteiger partial charge in [0.15, 0.2) is 0 Å². The number of carboxylic acids is 1. The van der Waals surface area contributed by atoms with Crippen LogP contribution in [0, 0.1) is 10.1 Å². The van der Waals surface area contributed by atoms with E-state index in [9.17, 15) is 14.9 Å². The van der Waals surface area contributed by atoms with E-state index >= 15 is 0 Å². The van der Waals surface area contributed by atoms with Crippen molar-refractivity contribution in [3.05, 3.63) is 34.4 Å². The minimum Gasteiger partial charge on any atom is -0.492 e. The fraction of sp³-hybridized carbons (Fsp3) is 0.417. The number of aliphatic carboxylic acids is 1. The molecule has 104 valence electrons. The lowest BCUT2D eigenvalue weighted by Crippen LogP contribution is -2.26. The van der Waals surface area contributed by atoms with E-state index in [1.165, 1.54) is 24.3 Å². The standard InChI is InChI=1S/C12H16N2O5/c1-13(7-6-12(15)16)8-9-19-11-4-2-10(3-5-11)14(17)18/h2-5H,6-9H2,1H3,(H,15,16). The Balaban J connectivity index is 2.29. The van der Waals surface area contributed by atoms with Gasteiger partial charge in [0.2, 0.25) is 0 Å². The summed E-state index contributed by atoms with van der Waals surface area (Å²) in [6.07, 6.45) is 0.0913. The summed E-state index contributed by atoms with van der Waals surface area (Å²) >= 11 is 0. The van der Waals surface area contributed by atoms with Gasteiger partial charge in [-0.15, -0.1) is 0 Å². The summed E-state index contributed by atoms with van der Waals surface area (Å²) in [5, 5.41) is 19.0. The monoisotopic (exact) mass is 268 g/mol. The van der Waals surface area contributed by atoms with Gasteiger partial charge in [-0.25, -0.2) is 0 Å². The second-order valence-electron chi connectivity index (χ2n) is 4.05. The lowest BCUT2D eigenvalue weighted by molar-refractivity contribution is -0.384. The number of non-ortho nitro benzene ring substituents is 1. The zero-order valence-corrected chi connectivity index (χ0v) is 10.6. The quantitative estimate of drug-likeness (QED) is 0.565. The molecule has 0 spiro atoms. The molecule has 19 heavy (non-hydrogen) atoms. The topological polar surface area (TPSA) is 92.9 Å². The van der Waals surface area contributed by atoms with E-state index in [0.717, 1.165) is 0 Å². The molecular formula is C12H16N2O5. The van der Waals surface area contributed by atoms with E-state index in [0.29, 0.717) is 25.4 Å². The van der Waals surface area contributed by atoms with Crippen LogP contribution in [0.25, 0.3) is 0 Å². The lowest BCUT2D eigenvalue weighted by atomic mass is 10.3. The number of likely N-dealkylation sites (N-methyl/N-ethyl adjacent to an activating group) is 1. The molecule has 1 aromatic rings. The summed E-state index contributed by atoms with van der Waals surface area (Å²) in [6, 6.07) is 5.83. The normalized spacial score (nSPS) is 10.4. The zero-order chi connectivity index (χ0) is 14.3. The van der Waals surface area contributed by atoms with Gasteiger partial charge >= 0.3 is 5.97 Å². The maximum Gasteiger partial charge on any atom is 0.304 e. The van der Waals surface area contributed by atoms with Crippen molar-refractivity contribution in [1.29, 1.82) is 0 Å². The molecule has 0 aliphatic rings. The first kappa shape index (κ1) is 14.9. The number of rotatable bonds is 8. The van der Waals surface area contributed by atoms with E-state index < -0.39 is 10.9 Å². The third-order valence-corrected chi connectivity index (χ3v) is 2.50. The van der Waals surface area contributed by atoms with Crippen LogP contribution in [-0.2, 0) is 4.79 Å². The number of nitrogens with zero attached hydrogens (tertiary/aromatic N) is 2. The van der Waals surface area contributed by atoms with Crippen molar-refractivity contribution in [2.45, 2.75) is 6.42 Å². The highest BCUT2D eigenvalue weighted by Crippen LogP contribution is 2.17. The molecular weight excluding hydrogens is 252 g/mol. The van der Waals surface area contributed by atoms with Crippen LogP contribution in [0.5, 0.6) is 5.75 Å². The van der Waals surface area contributed by atoms with Crippen LogP contribution in [0.2, 0.25) is 0 Å². The molecule has 0 aliphatic carbocycles. The Labute approximate surface area is 110 Å². The first-order valence-corrected chi connectivity index (χ1v) is 5.76. The summed E-state index contributed by atoms with van der Waals surface area (Å²) in [5.74, 6) is -0.277. The molecule has 0 fully saturated rings. The minimum absolute atomic E-state index is 0.0194. The highest BCUT2D eigenvalue weighted by Gasteiger charge is 2.05. The average molecular weight is 268 g/mol. The van der Waals surface area contributed by atoms with Crippen molar-refractivity contribution in [3.8, 4) is 5.75 Å². The van der Waals surface area contributed by atoms with Crippen molar-refractivity contribution in [2.24, 2.45) is 0 Å². The highest BCUT2D eigenvalue weighted by atomic mass is 16.6. The van der Waals surface area contributed by atoms with Crippen LogP contribution < -0.4 is 4.74 Å². The van der Waals surface area contributed by atoms with E-state index in [1.54, 1.807) is 0 Å². The molecule has 0 unspecified atom stereocenters. The summed E-state index contributed by atoms with van der Waals surface area (Å²) in [6.45, 7) is 1.44. The molecule has 0 heterocycles. The van der Waals surface area contributed by atoms with Crippen LogP contribution in [0.1, 0.15) is 6.42 Å². The van der Waals surface area contributed by atoms with Crippen molar-refractivity contribution >= 4 is 11.7 Å². The zero-order valence-electron chi connectivity index (χ0n) is 10.6. The first-order valence-electron chi connectivity index (χ1n) is 5.76. The van der Waals surface area contributed by atoms with Crippen LogP contribution >= 0.6 is 0 Å². The number of ether oxygens (including phenoxy) is 1. The molecule has 0 saturated heterocycles. The van der Waals surface area contributed by atoms with Gasteiger partial charge in [-0.2, -0.15) is 0 Å². The molecule has 0 radical (unpaired) electrons. The van der Waals surface area contributed by atoms with Crippen LogP contribution in [0.3, 0.4) is 0 Å². The maximum absolute atomic E-state index is 10.5. The van der Waals surface area contributed by atoms with E-state index in [2.05, 4.69) is 0 Å². The van der Waals surface area contributed by atoms with Crippen LogP contribution in [-0.4, -0.2) is 47.6 Å². The van der Waals surface area contributed by atoms with Crippen LogP contribution in [0.4, 0.5) is 5.69 Å². The Hall–Kier alpha value is -2.15. The fourth-order valence-corrected chi connectivity index (χ4v) is 1.38. The van der Waals surface area contributed by atoms with Gasteiger partial charge in [0.05, 0.1) is 11.3 Å². The summed E-state index contributed by atoms with van der Waals surface area (Å²) < 4.78 is 5.41. The number of hydrogen-bond donors (Lipinski definition) is 1. The average Bonchev–Trinajstić information content (AvgIpc) is 2.37. The Morgan fingerprint density at radius 2 is 2.00 bits per heavy atom. The molecule has 0 aliphatic heterocycles. The molecule has 0 bridgehead atoms. The molecule has 0 atom stereocenters. The second kappa shape index (κ2) is 7.32.